The van der Waals surface area contributed by atoms with Crippen molar-refractivity contribution in [3.05, 3.63) is 35.9 Å². The third-order valence-corrected chi connectivity index (χ3v) is 4.13. The molecular formula is C17H28N2. The molecule has 106 valence electrons. The Morgan fingerprint density at radius 2 is 2.00 bits per heavy atom. The Morgan fingerprint density at radius 3 is 2.58 bits per heavy atom. The molecule has 2 unspecified atom stereocenters. The molecule has 0 aliphatic carbocycles. The van der Waals surface area contributed by atoms with Gasteiger partial charge in [0.15, 0.2) is 0 Å². The quantitative estimate of drug-likeness (QED) is 0.806. The van der Waals surface area contributed by atoms with Crippen LogP contribution >= 0.6 is 0 Å². The van der Waals surface area contributed by atoms with Crippen LogP contribution in [0.5, 0.6) is 0 Å². The summed E-state index contributed by atoms with van der Waals surface area (Å²) in [5, 5.41) is 3.52. The number of nitrogens with zero attached hydrogens (tertiary/aromatic N) is 1. The molecule has 1 aliphatic heterocycles. The maximum absolute atomic E-state index is 3.52. The summed E-state index contributed by atoms with van der Waals surface area (Å²) in [7, 11) is 0. The summed E-state index contributed by atoms with van der Waals surface area (Å²) >= 11 is 0. The van der Waals surface area contributed by atoms with E-state index in [0.717, 1.165) is 12.6 Å². The molecule has 2 heteroatoms. The van der Waals surface area contributed by atoms with Crippen molar-refractivity contribution in [1.29, 1.82) is 0 Å². The van der Waals surface area contributed by atoms with E-state index in [1.165, 1.54) is 44.3 Å². The first-order chi connectivity index (χ1) is 9.36. The summed E-state index contributed by atoms with van der Waals surface area (Å²) in [6.07, 6.45) is 5.05. The molecule has 1 fully saturated rings. The van der Waals surface area contributed by atoms with E-state index < -0.39 is 0 Å². The largest absolute Gasteiger partial charge is 0.315 e. The molecule has 1 aromatic rings. The zero-order valence-corrected chi connectivity index (χ0v) is 12.4. The Hall–Kier alpha value is -0.860. The summed E-state index contributed by atoms with van der Waals surface area (Å²) < 4.78 is 0. The van der Waals surface area contributed by atoms with Gasteiger partial charge in [-0.2, -0.15) is 0 Å². The van der Waals surface area contributed by atoms with Crippen molar-refractivity contribution in [3.63, 3.8) is 0 Å². The van der Waals surface area contributed by atoms with Crippen molar-refractivity contribution in [2.75, 3.05) is 19.6 Å². The Kier molecular flexibility index (Phi) is 5.87. The van der Waals surface area contributed by atoms with Crippen molar-refractivity contribution in [1.82, 2.24) is 10.2 Å². The fraction of sp³-hybridized carbons (Fsp3) is 0.647. The SMILES string of the molecule is CCCC(c1ccccc1)N(CCC)C1CCNC1. The molecule has 0 amide bonds. The summed E-state index contributed by atoms with van der Waals surface area (Å²) in [6, 6.07) is 12.4. The van der Waals surface area contributed by atoms with Gasteiger partial charge in [0.25, 0.3) is 0 Å². The highest BCUT2D eigenvalue weighted by molar-refractivity contribution is 5.19. The second-order valence-corrected chi connectivity index (χ2v) is 5.60. The predicted molar refractivity (Wildman–Crippen MR) is 82.4 cm³/mol. The minimum Gasteiger partial charge on any atom is -0.315 e. The van der Waals surface area contributed by atoms with Gasteiger partial charge in [0, 0.05) is 18.6 Å². The molecule has 1 aromatic carbocycles. The minimum absolute atomic E-state index is 0.594. The Morgan fingerprint density at radius 1 is 1.21 bits per heavy atom. The first kappa shape index (κ1) is 14.5. The highest BCUT2D eigenvalue weighted by atomic mass is 15.2. The predicted octanol–water partition coefficient (Wildman–Crippen LogP) is 3.60. The van der Waals surface area contributed by atoms with E-state index in [0.29, 0.717) is 6.04 Å². The average molecular weight is 260 g/mol. The van der Waals surface area contributed by atoms with E-state index >= 15 is 0 Å². The van der Waals surface area contributed by atoms with E-state index in [9.17, 15) is 0 Å². The standard InChI is InChI=1S/C17H28N2/c1-3-8-17(15-9-6-5-7-10-15)19(13-4-2)16-11-12-18-14-16/h5-7,9-10,16-18H,3-4,8,11-14H2,1-2H3. The van der Waals surface area contributed by atoms with Crippen molar-refractivity contribution in [2.45, 2.75) is 51.6 Å². The molecule has 2 rings (SSSR count). The molecule has 2 atom stereocenters. The molecule has 0 saturated carbocycles. The molecule has 19 heavy (non-hydrogen) atoms. The van der Waals surface area contributed by atoms with Gasteiger partial charge in [0.2, 0.25) is 0 Å². The van der Waals surface area contributed by atoms with Crippen LogP contribution in [0.15, 0.2) is 30.3 Å². The second kappa shape index (κ2) is 7.66. The van der Waals surface area contributed by atoms with Gasteiger partial charge in [-0.1, -0.05) is 50.6 Å². The number of rotatable bonds is 7. The highest BCUT2D eigenvalue weighted by Gasteiger charge is 2.28. The van der Waals surface area contributed by atoms with E-state index in [2.05, 4.69) is 54.4 Å². The van der Waals surface area contributed by atoms with Crippen molar-refractivity contribution < 1.29 is 0 Å². The molecule has 0 bridgehead atoms. The van der Waals surface area contributed by atoms with Crippen LogP contribution in [-0.2, 0) is 0 Å². The van der Waals surface area contributed by atoms with E-state index in [1.807, 2.05) is 0 Å². The number of nitrogens with one attached hydrogen (secondary N) is 1. The zero-order chi connectivity index (χ0) is 13.5. The highest BCUT2D eigenvalue weighted by Crippen LogP contribution is 2.29. The summed E-state index contributed by atoms with van der Waals surface area (Å²) in [5.41, 5.74) is 1.49. The van der Waals surface area contributed by atoms with Gasteiger partial charge in [-0.15, -0.1) is 0 Å². The molecule has 2 nitrogen and oxygen atoms in total. The fourth-order valence-electron chi connectivity index (χ4n) is 3.25. The lowest BCUT2D eigenvalue weighted by atomic mass is 9.98. The lowest BCUT2D eigenvalue weighted by Gasteiger charge is -2.36. The number of benzene rings is 1. The lowest BCUT2D eigenvalue weighted by Crippen LogP contribution is -2.40. The van der Waals surface area contributed by atoms with Crippen LogP contribution < -0.4 is 5.32 Å². The van der Waals surface area contributed by atoms with Crippen LogP contribution in [0.2, 0.25) is 0 Å². The first-order valence-corrected chi connectivity index (χ1v) is 7.88. The topological polar surface area (TPSA) is 15.3 Å². The van der Waals surface area contributed by atoms with Gasteiger partial charge in [-0.25, -0.2) is 0 Å². The average Bonchev–Trinajstić information content (AvgIpc) is 2.97. The van der Waals surface area contributed by atoms with Crippen molar-refractivity contribution in [3.8, 4) is 0 Å². The van der Waals surface area contributed by atoms with Gasteiger partial charge in [0.1, 0.15) is 0 Å². The lowest BCUT2D eigenvalue weighted by molar-refractivity contribution is 0.134. The zero-order valence-electron chi connectivity index (χ0n) is 12.4. The second-order valence-electron chi connectivity index (χ2n) is 5.60. The maximum atomic E-state index is 3.52. The van der Waals surface area contributed by atoms with Gasteiger partial charge >= 0.3 is 0 Å². The van der Waals surface area contributed by atoms with Crippen molar-refractivity contribution >= 4 is 0 Å². The van der Waals surface area contributed by atoms with Gasteiger partial charge in [-0.3, -0.25) is 4.90 Å². The Bertz CT molecular complexity index is 344. The molecule has 1 saturated heterocycles. The normalized spacial score (nSPS) is 20.9. The fourth-order valence-corrected chi connectivity index (χ4v) is 3.25. The van der Waals surface area contributed by atoms with E-state index in [1.54, 1.807) is 0 Å². The monoisotopic (exact) mass is 260 g/mol. The van der Waals surface area contributed by atoms with Crippen LogP contribution in [0.3, 0.4) is 0 Å². The first-order valence-electron chi connectivity index (χ1n) is 7.88. The van der Waals surface area contributed by atoms with Crippen LogP contribution in [0.4, 0.5) is 0 Å². The molecule has 0 radical (unpaired) electrons. The van der Waals surface area contributed by atoms with Crippen LogP contribution in [0, 0.1) is 0 Å². The van der Waals surface area contributed by atoms with Crippen LogP contribution in [0.1, 0.15) is 51.1 Å². The Labute approximate surface area is 118 Å². The summed E-state index contributed by atoms with van der Waals surface area (Å²) in [4.78, 5) is 2.75. The molecule has 0 aromatic heterocycles. The summed E-state index contributed by atoms with van der Waals surface area (Å²) in [5.74, 6) is 0. The smallest absolute Gasteiger partial charge is 0.0351 e. The van der Waals surface area contributed by atoms with Crippen LogP contribution in [0.25, 0.3) is 0 Å². The molecular weight excluding hydrogens is 232 g/mol. The maximum Gasteiger partial charge on any atom is 0.0351 e. The number of hydrogen-bond donors (Lipinski definition) is 1. The van der Waals surface area contributed by atoms with Crippen molar-refractivity contribution in [2.24, 2.45) is 0 Å². The number of hydrogen-bond acceptors (Lipinski definition) is 2. The molecule has 1 N–H and O–H groups in total. The Balaban J connectivity index is 2.18. The van der Waals surface area contributed by atoms with Gasteiger partial charge in [-0.05, 0) is 37.9 Å². The van der Waals surface area contributed by atoms with Gasteiger partial charge in [0.05, 0.1) is 0 Å². The minimum atomic E-state index is 0.594. The molecule has 1 heterocycles. The molecule has 0 spiro atoms. The van der Waals surface area contributed by atoms with Gasteiger partial charge < -0.3 is 5.32 Å². The molecule has 1 aliphatic rings. The third-order valence-electron chi connectivity index (χ3n) is 4.13. The van der Waals surface area contributed by atoms with E-state index in [4.69, 9.17) is 0 Å². The third kappa shape index (κ3) is 3.80. The van der Waals surface area contributed by atoms with Crippen LogP contribution in [-0.4, -0.2) is 30.6 Å². The summed E-state index contributed by atoms with van der Waals surface area (Å²) in [6.45, 7) is 8.15. The van der Waals surface area contributed by atoms with E-state index in [-0.39, 0.29) is 0 Å².